The summed E-state index contributed by atoms with van der Waals surface area (Å²) in [5, 5.41) is 3.30. The van der Waals surface area contributed by atoms with Gasteiger partial charge in [0.15, 0.2) is 0 Å². The molecule has 0 aliphatic heterocycles. The van der Waals surface area contributed by atoms with Crippen molar-refractivity contribution in [3.05, 3.63) is 23.7 Å². The van der Waals surface area contributed by atoms with Gasteiger partial charge in [-0.3, -0.25) is 4.90 Å². The van der Waals surface area contributed by atoms with Crippen LogP contribution in [-0.4, -0.2) is 52.0 Å². The van der Waals surface area contributed by atoms with Crippen molar-refractivity contribution in [3.8, 4) is 0 Å². The second kappa shape index (κ2) is 10.9. The molecule has 0 amide bonds. The quantitative estimate of drug-likeness (QED) is 0.594. The van der Waals surface area contributed by atoms with E-state index < -0.39 is 0 Å². The Kier molecular flexibility index (Phi) is 9.32. The van der Waals surface area contributed by atoms with Crippen molar-refractivity contribution in [3.63, 3.8) is 0 Å². The molecule has 0 spiro atoms. The zero-order valence-electron chi connectivity index (χ0n) is 13.0. The molecule has 0 fully saturated rings. The third-order valence-corrected chi connectivity index (χ3v) is 3.10. The summed E-state index contributed by atoms with van der Waals surface area (Å²) in [6, 6.07) is 2.12. The first-order valence-electron chi connectivity index (χ1n) is 7.27. The number of ether oxygens (including phenoxy) is 2. The lowest BCUT2D eigenvalue weighted by molar-refractivity contribution is 0.125. The van der Waals surface area contributed by atoms with Crippen LogP contribution in [0.5, 0.6) is 0 Å². The first-order valence-corrected chi connectivity index (χ1v) is 7.27. The summed E-state index contributed by atoms with van der Waals surface area (Å²) >= 11 is 0. The molecule has 1 N–H and O–H groups in total. The normalized spacial score (nSPS) is 11.4. The van der Waals surface area contributed by atoms with Gasteiger partial charge >= 0.3 is 0 Å². The number of furan rings is 1. The molecule has 116 valence electrons. The number of hydrogen-bond acceptors (Lipinski definition) is 5. The highest BCUT2D eigenvalue weighted by Gasteiger charge is 2.09. The Morgan fingerprint density at radius 2 is 2.00 bits per heavy atom. The molecule has 1 aromatic rings. The summed E-state index contributed by atoms with van der Waals surface area (Å²) < 4.78 is 15.9. The zero-order chi connectivity index (χ0) is 14.6. The van der Waals surface area contributed by atoms with Gasteiger partial charge in [0.1, 0.15) is 5.76 Å². The SMILES string of the molecule is CCNCc1coc(CN(CCCOC)CCOC)c1. The second-order valence-electron chi connectivity index (χ2n) is 4.82. The first-order chi connectivity index (χ1) is 9.80. The van der Waals surface area contributed by atoms with Crippen molar-refractivity contribution in [1.29, 1.82) is 0 Å². The fourth-order valence-corrected chi connectivity index (χ4v) is 2.01. The Bertz CT molecular complexity index is 342. The molecule has 0 aliphatic carbocycles. The molecule has 5 heteroatoms. The number of hydrogen-bond donors (Lipinski definition) is 1. The van der Waals surface area contributed by atoms with E-state index in [0.717, 1.165) is 58.1 Å². The molecule has 0 aromatic carbocycles. The molecule has 20 heavy (non-hydrogen) atoms. The van der Waals surface area contributed by atoms with Crippen LogP contribution < -0.4 is 5.32 Å². The Morgan fingerprint density at radius 3 is 2.70 bits per heavy atom. The summed E-state index contributed by atoms with van der Waals surface area (Å²) in [4.78, 5) is 2.33. The number of methoxy groups -OCH3 is 2. The van der Waals surface area contributed by atoms with Crippen molar-refractivity contribution in [1.82, 2.24) is 10.2 Å². The van der Waals surface area contributed by atoms with E-state index >= 15 is 0 Å². The Hall–Kier alpha value is -0.880. The summed E-state index contributed by atoms with van der Waals surface area (Å²) in [7, 11) is 3.47. The number of nitrogens with zero attached hydrogens (tertiary/aromatic N) is 1. The fraction of sp³-hybridized carbons (Fsp3) is 0.733. The van der Waals surface area contributed by atoms with E-state index in [0.29, 0.717) is 0 Å². The predicted octanol–water partition coefficient (Wildman–Crippen LogP) is 1.87. The average Bonchev–Trinajstić information content (AvgIpc) is 2.90. The maximum absolute atomic E-state index is 5.62. The minimum atomic E-state index is 0.734. The average molecular weight is 284 g/mol. The maximum Gasteiger partial charge on any atom is 0.118 e. The molecule has 1 aromatic heterocycles. The smallest absolute Gasteiger partial charge is 0.118 e. The van der Waals surface area contributed by atoms with Crippen molar-refractivity contribution in [2.45, 2.75) is 26.4 Å². The molecule has 5 nitrogen and oxygen atoms in total. The lowest BCUT2D eigenvalue weighted by atomic mass is 10.3. The van der Waals surface area contributed by atoms with Crippen LogP contribution in [0.2, 0.25) is 0 Å². The van der Waals surface area contributed by atoms with Crippen LogP contribution in [0.15, 0.2) is 16.7 Å². The van der Waals surface area contributed by atoms with Crippen LogP contribution >= 0.6 is 0 Å². The lowest BCUT2D eigenvalue weighted by Gasteiger charge is -2.20. The first kappa shape index (κ1) is 17.2. The van der Waals surface area contributed by atoms with Crippen LogP contribution in [0.25, 0.3) is 0 Å². The number of rotatable bonds is 12. The molecule has 0 saturated heterocycles. The van der Waals surface area contributed by atoms with Gasteiger partial charge in [0.25, 0.3) is 0 Å². The zero-order valence-corrected chi connectivity index (χ0v) is 13.0. The monoisotopic (exact) mass is 284 g/mol. The highest BCUT2D eigenvalue weighted by molar-refractivity contribution is 5.12. The molecular formula is C15H28N2O3. The van der Waals surface area contributed by atoms with E-state index in [-0.39, 0.29) is 0 Å². The molecule has 1 heterocycles. The molecule has 0 radical (unpaired) electrons. The largest absolute Gasteiger partial charge is 0.468 e. The van der Waals surface area contributed by atoms with Crippen molar-refractivity contribution < 1.29 is 13.9 Å². The topological polar surface area (TPSA) is 46.9 Å². The van der Waals surface area contributed by atoms with E-state index in [4.69, 9.17) is 13.9 Å². The van der Waals surface area contributed by atoms with Crippen molar-refractivity contribution >= 4 is 0 Å². The maximum atomic E-state index is 5.62. The molecule has 1 rings (SSSR count). The van der Waals surface area contributed by atoms with Gasteiger partial charge in [0, 0.05) is 46.0 Å². The molecule has 0 atom stereocenters. The fourth-order valence-electron chi connectivity index (χ4n) is 2.01. The van der Waals surface area contributed by atoms with Crippen LogP contribution in [0, 0.1) is 0 Å². The van der Waals surface area contributed by atoms with Gasteiger partial charge < -0.3 is 19.2 Å². The summed E-state index contributed by atoms with van der Waals surface area (Å²) in [5.74, 6) is 1.01. The van der Waals surface area contributed by atoms with Crippen molar-refractivity contribution in [2.75, 3.05) is 47.1 Å². The van der Waals surface area contributed by atoms with Crippen LogP contribution in [0.1, 0.15) is 24.7 Å². The van der Waals surface area contributed by atoms with Gasteiger partial charge in [0.05, 0.1) is 19.4 Å². The van der Waals surface area contributed by atoms with Gasteiger partial charge in [-0.05, 0) is 19.0 Å². The van der Waals surface area contributed by atoms with Crippen molar-refractivity contribution in [2.24, 2.45) is 0 Å². The Labute approximate surface area is 122 Å². The third-order valence-electron chi connectivity index (χ3n) is 3.10. The summed E-state index contributed by atoms with van der Waals surface area (Å²) in [6.45, 7) is 8.16. The van der Waals surface area contributed by atoms with Gasteiger partial charge in [0.2, 0.25) is 0 Å². The minimum absolute atomic E-state index is 0.734. The van der Waals surface area contributed by atoms with E-state index in [9.17, 15) is 0 Å². The summed E-state index contributed by atoms with van der Waals surface area (Å²) in [5.41, 5.74) is 1.20. The van der Waals surface area contributed by atoms with Gasteiger partial charge in [-0.1, -0.05) is 6.92 Å². The van der Waals surface area contributed by atoms with Crippen LogP contribution in [-0.2, 0) is 22.6 Å². The van der Waals surface area contributed by atoms with Gasteiger partial charge in [-0.25, -0.2) is 0 Å². The Balaban J connectivity index is 2.43. The van der Waals surface area contributed by atoms with Gasteiger partial charge in [-0.2, -0.15) is 0 Å². The van der Waals surface area contributed by atoms with Crippen LogP contribution in [0.3, 0.4) is 0 Å². The van der Waals surface area contributed by atoms with E-state index in [1.165, 1.54) is 5.56 Å². The molecule has 0 saturated carbocycles. The van der Waals surface area contributed by atoms with E-state index in [1.54, 1.807) is 14.2 Å². The van der Waals surface area contributed by atoms with Crippen LogP contribution in [0.4, 0.5) is 0 Å². The molecule has 0 bridgehead atoms. The second-order valence-corrected chi connectivity index (χ2v) is 4.82. The summed E-state index contributed by atoms with van der Waals surface area (Å²) in [6.07, 6.45) is 2.85. The minimum Gasteiger partial charge on any atom is -0.468 e. The van der Waals surface area contributed by atoms with E-state index in [1.807, 2.05) is 6.26 Å². The molecular weight excluding hydrogens is 256 g/mol. The molecule has 0 unspecified atom stereocenters. The lowest BCUT2D eigenvalue weighted by Crippen LogP contribution is -2.28. The number of nitrogens with one attached hydrogen (secondary N) is 1. The predicted molar refractivity (Wildman–Crippen MR) is 79.7 cm³/mol. The standard InChI is InChI=1S/C15H28N2O3/c1-4-16-11-14-10-15(20-13-14)12-17(7-9-19-3)6-5-8-18-2/h10,13,16H,4-9,11-12H2,1-3H3. The third kappa shape index (κ3) is 7.05. The Morgan fingerprint density at radius 1 is 1.20 bits per heavy atom. The highest BCUT2D eigenvalue weighted by Crippen LogP contribution is 2.11. The van der Waals surface area contributed by atoms with Gasteiger partial charge in [-0.15, -0.1) is 0 Å². The van der Waals surface area contributed by atoms with E-state index in [2.05, 4.69) is 23.2 Å². The highest BCUT2D eigenvalue weighted by atomic mass is 16.5. The molecule has 0 aliphatic rings.